The molecule has 1 amide bonds. The van der Waals surface area contributed by atoms with Crippen molar-refractivity contribution in [2.24, 2.45) is 0 Å². The minimum absolute atomic E-state index is 0.0821. The minimum Gasteiger partial charge on any atom is -0.333 e. The standard InChI is InChI=1S/C17H21ClN4O/c1-13(14-4-6-15(18)7-5-14)22(16-8-9-16)17(23)3-2-10-21-12-19-11-20-21/h4-7,11-13,16H,2-3,8-10H2,1H3/t13-/m0/s1. The van der Waals surface area contributed by atoms with E-state index < -0.39 is 0 Å². The second kappa shape index (κ2) is 7.13. The predicted molar refractivity (Wildman–Crippen MR) is 89.0 cm³/mol. The zero-order valence-corrected chi connectivity index (χ0v) is 14.0. The molecule has 122 valence electrons. The molecule has 1 fully saturated rings. The molecule has 0 N–H and O–H groups in total. The van der Waals surface area contributed by atoms with Crippen molar-refractivity contribution in [3.8, 4) is 0 Å². The average Bonchev–Trinajstić information content (AvgIpc) is 3.23. The van der Waals surface area contributed by atoms with Gasteiger partial charge in [0.15, 0.2) is 0 Å². The minimum atomic E-state index is 0.0821. The Kier molecular flexibility index (Phi) is 4.96. The number of halogens is 1. The number of hydrogen-bond donors (Lipinski definition) is 0. The zero-order chi connectivity index (χ0) is 16.2. The lowest BCUT2D eigenvalue weighted by Gasteiger charge is -2.30. The first-order valence-corrected chi connectivity index (χ1v) is 8.42. The molecule has 23 heavy (non-hydrogen) atoms. The highest BCUT2D eigenvalue weighted by atomic mass is 35.5. The number of carbonyl (C=O) groups is 1. The van der Waals surface area contributed by atoms with Gasteiger partial charge >= 0.3 is 0 Å². The van der Waals surface area contributed by atoms with Crippen molar-refractivity contribution < 1.29 is 4.79 Å². The summed E-state index contributed by atoms with van der Waals surface area (Å²) in [6.45, 7) is 2.82. The van der Waals surface area contributed by atoms with E-state index in [9.17, 15) is 4.79 Å². The smallest absolute Gasteiger partial charge is 0.223 e. The predicted octanol–water partition coefficient (Wildman–Crippen LogP) is 3.46. The highest BCUT2D eigenvalue weighted by Gasteiger charge is 2.35. The molecular weight excluding hydrogens is 312 g/mol. The highest BCUT2D eigenvalue weighted by molar-refractivity contribution is 6.30. The molecule has 0 saturated heterocycles. The SMILES string of the molecule is C[C@@H](c1ccc(Cl)cc1)N(C(=O)CCCn1cncn1)C1CC1. The molecule has 0 bridgehead atoms. The van der Waals surface area contributed by atoms with E-state index in [0.29, 0.717) is 12.5 Å². The van der Waals surface area contributed by atoms with E-state index in [0.717, 1.165) is 36.4 Å². The van der Waals surface area contributed by atoms with Crippen LogP contribution in [0.25, 0.3) is 0 Å². The van der Waals surface area contributed by atoms with E-state index in [4.69, 9.17) is 11.6 Å². The Hall–Kier alpha value is -1.88. The maximum atomic E-state index is 12.7. The second-order valence-corrected chi connectivity index (χ2v) is 6.46. The Labute approximate surface area is 141 Å². The van der Waals surface area contributed by atoms with Crippen LogP contribution in [0.1, 0.15) is 44.2 Å². The lowest BCUT2D eigenvalue weighted by atomic mass is 10.1. The molecule has 1 aromatic carbocycles. The van der Waals surface area contributed by atoms with Crippen molar-refractivity contribution in [1.82, 2.24) is 19.7 Å². The first-order valence-electron chi connectivity index (χ1n) is 8.04. The number of benzene rings is 1. The zero-order valence-electron chi connectivity index (χ0n) is 13.2. The molecule has 1 heterocycles. The first kappa shape index (κ1) is 16.0. The topological polar surface area (TPSA) is 51.0 Å². The Morgan fingerprint density at radius 1 is 1.39 bits per heavy atom. The van der Waals surface area contributed by atoms with Crippen LogP contribution in [0.2, 0.25) is 5.02 Å². The summed E-state index contributed by atoms with van der Waals surface area (Å²) < 4.78 is 1.76. The molecule has 6 heteroatoms. The first-order chi connectivity index (χ1) is 11.1. The lowest BCUT2D eigenvalue weighted by molar-refractivity contribution is -0.134. The van der Waals surface area contributed by atoms with Gasteiger partial charge in [-0.3, -0.25) is 9.48 Å². The number of aryl methyl sites for hydroxylation is 1. The summed E-state index contributed by atoms with van der Waals surface area (Å²) >= 11 is 5.96. The molecule has 5 nitrogen and oxygen atoms in total. The number of aromatic nitrogens is 3. The molecule has 1 aliphatic carbocycles. The van der Waals surface area contributed by atoms with Crippen molar-refractivity contribution in [3.63, 3.8) is 0 Å². The van der Waals surface area contributed by atoms with E-state index in [1.165, 1.54) is 6.33 Å². The third-order valence-electron chi connectivity index (χ3n) is 4.24. The molecule has 1 atom stereocenters. The molecule has 1 aliphatic rings. The summed E-state index contributed by atoms with van der Waals surface area (Å²) in [4.78, 5) is 18.6. The fraction of sp³-hybridized carbons (Fsp3) is 0.471. The van der Waals surface area contributed by atoms with Crippen LogP contribution in [-0.2, 0) is 11.3 Å². The van der Waals surface area contributed by atoms with Gasteiger partial charge in [-0.25, -0.2) is 4.98 Å². The molecule has 0 radical (unpaired) electrons. The third kappa shape index (κ3) is 4.10. The van der Waals surface area contributed by atoms with Crippen LogP contribution in [0.5, 0.6) is 0 Å². The summed E-state index contributed by atoms with van der Waals surface area (Å²) in [6, 6.07) is 8.25. The van der Waals surface area contributed by atoms with E-state index >= 15 is 0 Å². The number of hydrogen-bond acceptors (Lipinski definition) is 3. The van der Waals surface area contributed by atoms with E-state index in [1.807, 2.05) is 29.2 Å². The summed E-state index contributed by atoms with van der Waals surface area (Å²) in [5, 5.41) is 4.78. The number of rotatable bonds is 7. The molecule has 3 rings (SSSR count). The Balaban J connectivity index is 1.61. The van der Waals surface area contributed by atoms with Gasteiger partial charge in [0.2, 0.25) is 5.91 Å². The molecule has 1 saturated carbocycles. The van der Waals surface area contributed by atoms with Crippen LogP contribution in [0.15, 0.2) is 36.9 Å². The fourth-order valence-corrected chi connectivity index (χ4v) is 2.99. The molecule has 2 aromatic rings. The van der Waals surface area contributed by atoms with Crippen molar-refractivity contribution in [2.45, 2.75) is 51.2 Å². The van der Waals surface area contributed by atoms with Crippen molar-refractivity contribution >= 4 is 17.5 Å². The molecule has 0 unspecified atom stereocenters. The van der Waals surface area contributed by atoms with Crippen LogP contribution >= 0.6 is 11.6 Å². The summed E-state index contributed by atoms with van der Waals surface area (Å²) in [5.41, 5.74) is 1.13. The molecule has 1 aromatic heterocycles. The molecule has 0 aliphatic heterocycles. The van der Waals surface area contributed by atoms with Crippen molar-refractivity contribution in [1.29, 1.82) is 0 Å². The van der Waals surface area contributed by atoms with Gasteiger partial charge in [0.05, 0.1) is 6.04 Å². The Morgan fingerprint density at radius 2 is 2.13 bits per heavy atom. The van der Waals surface area contributed by atoms with E-state index in [1.54, 1.807) is 11.0 Å². The summed E-state index contributed by atoms with van der Waals surface area (Å²) in [6.07, 6.45) is 6.72. The molecular formula is C17H21ClN4O. The maximum Gasteiger partial charge on any atom is 0.223 e. The van der Waals surface area contributed by atoms with Crippen LogP contribution in [-0.4, -0.2) is 31.6 Å². The number of carbonyl (C=O) groups excluding carboxylic acids is 1. The van der Waals surface area contributed by atoms with Gasteiger partial charge in [-0.2, -0.15) is 5.10 Å². The van der Waals surface area contributed by atoms with Gasteiger partial charge in [-0.05, 0) is 43.9 Å². The van der Waals surface area contributed by atoms with Crippen LogP contribution in [0, 0.1) is 0 Å². The van der Waals surface area contributed by atoms with Crippen molar-refractivity contribution in [3.05, 3.63) is 47.5 Å². The summed E-state index contributed by atoms with van der Waals surface area (Å²) in [5.74, 6) is 0.218. The normalized spacial score (nSPS) is 15.4. The summed E-state index contributed by atoms with van der Waals surface area (Å²) in [7, 11) is 0. The van der Waals surface area contributed by atoms with Gasteiger partial charge in [-0.1, -0.05) is 23.7 Å². The number of nitrogens with zero attached hydrogens (tertiary/aromatic N) is 4. The molecule has 0 spiro atoms. The van der Waals surface area contributed by atoms with E-state index in [2.05, 4.69) is 17.0 Å². The number of amides is 1. The Bertz CT molecular complexity index is 637. The fourth-order valence-electron chi connectivity index (χ4n) is 2.86. The van der Waals surface area contributed by atoms with Gasteiger partial charge < -0.3 is 4.90 Å². The quantitative estimate of drug-likeness (QED) is 0.780. The van der Waals surface area contributed by atoms with Crippen LogP contribution < -0.4 is 0 Å². The van der Waals surface area contributed by atoms with E-state index in [-0.39, 0.29) is 11.9 Å². The monoisotopic (exact) mass is 332 g/mol. The highest BCUT2D eigenvalue weighted by Crippen LogP contribution is 2.35. The maximum absolute atomic E-state index is 12.7. The lowest BCUT2D eigenvalue weighted by Crippen LogP contribution is -2.35. The van der Waals surface area contributed by atoms with Gasteiger partial charge in [0, 0.05) is 24.0 Å². The second-order valence-electron chi connectivity index (χ2n) is 6.02. The van der Waals surface area contributed by atoms with Gasteiger partial charge in [0.25, 0.3) is 0 Å². The largest absolute Gasteiger partial charge is 0.333 e. The van der Waals surface area contributed by atoms with Crippen LogP contribution in [0.3, 0.4) is 0 Å². The Morgan fingerprint density at radius 3 is 2.74 bits per heavy atom. The van der Waals surface area contributed by atoms with Gasteiger partial charge in [-0.15, -0.1) is 0 Å². The average molecular weight is 333 g/mol. The van der Waals surface area contributed by atoms with Crippen molar-refractivity contribution in [2.75, 3.05) is 0 Å². The van der Waals surface area contributed by atoms with Gasteiger partial charge in [0.1, 0.15) is 12.7 Å². The van der Waals surface area contributed by atoms with Crippen LogP contribution in [0.4, 0.5) is 0 Å². The third-order valence-corrected chi connectivity index (χ3v) is 4.49.